The van der Waals surface area contributed by atoms with Crippen LogP contribution < -0.4 is 5.32 Å². The van der Waals surface area contributed by atoms with Gasteiger partial charge in [-0.2, -0.15) is 0 Å². The predicted molar refractivity (Wildman–Crippen MR) is 101 cm³/mol. The summed E-state index contributed by atoms with van der Waals surface area (Å²) in [5.74, 6) is -0.696. The SMILES string of the molecule is CC(C)(C)c1ccc(NC[C@H](O)CN2C(=O)c3ccccc3C2=O)cc1. The molecule has 0 fully saturated rings. The van der Waals surface area contributed by atoms with Gasteiger partial charge in [0.1, 0.15) is 0 Å². The van der Waals surface area contributed by atoms with Crippen LogP contribution in [0.15, 0.2) is 48.5 Å². The predicted octanol–water partition coefficient (Wildman–Crippen LogP) is 3.05. The topological polar surface area (TPSA) is 69.6 Å². The highest BCUT2D eigenvalue weighted by atomic mass is 16.3. The summed E-state index contributed by atoms with van der Waals surface area (Å²) in [4.78, 5) is 25.8. The summed E-state index contributed by atoms with van der Waals surface area (Å²) in [6, 6.07) is 14.8. The number of hydrogen-bond donors (Lipinski definition) is 2. The molecular weight excluding hydrogens is 328 g/mol. The first kappa shape index (κ1) is 18.1. The third kappa shape index (κ3) is 3.63. The van der Waals surface area contributed by atoms with Crippen molar-refractivity contribution in [2.24, 2.45) is 0 Å². The maximum Gasteiger partial charge on any atom is 0.261 e. The molecule has 5 nitrogen and oxygen atoms in total. The van der Waals surface area contributed by atoms with E-state index in [2.05, 4.69) is 38.2 Å². The molecule has 5 heteroatoms. The van der Waals surface area contributed by atoms with Crippen molar-refractivity contribution in [1.82, 2.24) is 4.90 Å². The highest BCUT2D eigenvalue weighted by molar-refractivity contribution is 6.21. The summed E-state index contributed by atoms with van der Waals surface area (Å²) in [6.45, 7) is 6.69. The van der Waals surface area contributed by atoms with Crippen LogP contribution in [0, 0.1) is 0 Å². The number of carbonyl (C=O) groups is 2. The Morgan fingerprint density at radius 2 is 1.50 bits per heavy atom. The number of nitrogens with one attached hydrogen (secondary N) is 1. The molecule has 3 rings (SSSR count). The van der Waals surface area contributed by atoms with E-state index < -0.39 is 6.10 Å². The standard InChI is InChI=1S/C21H24N2O3/c1-21(2,3)14-8-10-15(11-9-14)22-12-16(24)13-23-19(25)17-6-4-5-7-18(17)20(23)26/h4-11,16,22,24H,12-13H2,1-3H3/t16-/m0/s1. The first-order valence-electron chi connectivity index (χ1n) is 8.75. The number of aliphatic hydroxyl groups is 1. The van der Waals surface area contributed by atoms with Gasteiger partial charge in [-0.25, -0.2) is 0 Å². The van der Waals surface area contributed by atoms with Crippen molar-refractivity contribution in [3.8, 4) is 0 Å². The Labute approximate surface area is 153 Å². The number of β-amino-alcohol motifs (C(OH)–C–C–N with tert-alkyl or cyclic N) is 1. The Morgan fingerprint density at radius 3 is 2.00 bits per heavy atom. The van der Waals surface area contributed by atoms with Gasteiger partial charge in [0.15, 0.2) is 0 Å². The number of benzene rings is 2. The van der Waals surface area contributed by atoms with E-state index in [-0.39, 0.29) is 30.3 Å². The maximum absolute atomic E-state index is 12.3. The number of carbonyl (C=O) groups excluding carboxylic acids is 2. The molecule has 0 unspecified atom stereocenters. The van der Waals surface area contributed by atoms with Crippen molar-refractivity contribution in [2.75, 3.05) is 18.4 Å². The van der Waals surface area contributed by atoms with Gasteiger partial charge in [0.25, 0.3) is 11.8 Å². The van der Waals surface area contributed by atoms with Crippen LogP contribution in [0.3, 0.4) is 0 Å². The Balaban J connectivity index is 1.58. The number of imide groups is 1. The fraction of sp³-hybridized carbons (Fsp3) is 0.333. The summed E-state index contributed by atoms with van der Waals surface area (Å²) in [5, 5.41) is 13.4. The third-order valence-corrected chi connectivity index (χ3v) is 4.56. The van der Waals surface area contributed by atoms with E-state index in [1.54, 1.807) is 24.3 Å². The Bertz CT molecular complexity index is 787. The molecule has 1 aliphatic heterocycles. The Hall–Kier alpha value is -2.66. The minimum Gasteiger partial charge on any atom is -0.389 e. The molecule has 0 aromatic heterocycles. The fourth-order valence-corrected chi connectivity index (χ4v) is 3.00. The van der Waals surface area contributed by atoms with E-state index in [0.717, 1.165) is 10.6 Å². The van der Waals surface area contributed by atoms with Crippen LogP contribution >= 0.6 is 0 Å². The molecule has 0 radical (unpaired) electrons. The molecule has 0 saturated carbocycles. The van der Waals surface area contributed by atoms with Crippen LogP contribution in [0.4, 0.5) is 5.69 Å². The summed E-state index contributed by atoms with van der Waals surface area (Å²) in [7, 11) is 0. The second kappa shape index (κ2) is 6.92. The molecule has 26 heavy (non-hydrogen) atoms. The number of amides is 2. The molecule has 0 bridgehead atoms. The van der Waals surface area contributed by atoms with Crippen molar-refractivity contribution < 1.29 is 14.7 Å². The lowest BCUT2D eigenvalue weighted by Crippen LogP contribution is -2.39. The summed E-state index contributed by atoms with van der Waals surface area (Å²) < 4.78 is 0. The summed E-state index contributed by atoms with van der Waals surface area (Å²) in [5.41, 5.74) is 3.00. The third-order valence-electron chi connectivity index (χ3n) is 4.56. The second-order valence-electron chi connectivity index (χ2n) is 7.63. The Kier molecular flexibility index (Phi) is 4.83. The summed E-state index contributed by atoms with van der Waals surface area (Å²) in [6.07, 6.45) is -0.848. The van der Waals surface area contributed by atoms with E-state index in [9.17, 15) is 14.7 Å². The number of aliphatic hydroxyl groups excluding tert-OH is 1. The van der Waals surface area contributed by atoms with E-state index in [1.807, 2.05) is 12.1 Å². The van der Waals surface area contributed by atoms with Crippen LogP contribution in [-0.2, 0) is 5.41 Å². The molecule has 1 heterocycles. The quantitative estimate of drug-likeness (QED) is 0.812. The smallest absolute Gasteiger partial charge is 0.261 e. The van der Waals surface area contributed by atoms with Gasteiger partial charge >= 0.3 is 0 Å². The van der Waals surface area contributed by atoms with Gasteiger partial charge in [0.05, 0.1) is 23.8 Å². The van der Waals surface area contributed by atoms with Gasteiger partial charge in [-0.3, -0.25) is 14.5 Å². The van der Waals surface area contributed by atoms with E-state index in [0.29, 0.717) is 11.1 Å². The molecule has 2 amide bonds. The zero-order valence-electron chi connectivity index (χ0n) is 15.3. The van der Waals surface area contributed by atoms with E-state index >= 15 is 0 Å². The zero-order valence-corrected chi connectivity index (χ0v) is 15.3. The number of fused-ring (bicyclic) bond motifs is 1. The van der Waals surface area contributed by atoms with Crippen molar-refractivity contribution in [3.63, 3.8) is 0 Å². The van der Waals surface area contributed by atoms with Gasteiger partial charge in [-0.15, -0.1) is 0 Å². The highest BCUT2D eigenvalue weighted by Crippen LogP contribution is 2.24. The largest absolute Gasteiger partial charge is 0.389 e. The van der Waals surface area contributed by atoms with Gasteiger partial charge in [0, 0.05) is 12.2 Å². The fourth-order valence-electron chi connectivity index (χ4n) is 3.00. The van der Waals surface area contributed by atoms with Crippen LogP contribution in [0.1, 0.15) is 47.1 Å². The number of hydrogen-bond acceptors (Lipinski definition) is 4. The molecule has 136 valence electrons. The monoisotopic (exact) mass is 352 g/mol. The van der Waals surface area contributed by atoms with E-state index in [4.69, 9.17) is 0 Å². The molecule has 0 saturated heterocycles. The van der Waals surface area contributed by atoms with Crippen molar-refractivity contribution in [1.29, 1.82) is 0 Å². The van der Waals surface area contributed by atoms with Crippen LogP contribution in [-0.4, -0.2) is 41.0 Å². The molecular formula is C21H24N2O3. The average molecular weight is 352 g/mol. The highest BCUT2D eigenvalue weighted by Gasteiger charge is 2.35. The summed E-state index contributed by atoms with van der Waals surface area (Å²) >= 11 is 0. The molecule has 2 aromatic rings. The van der Waals surface area contributed by atoms with Gasteiger partial charge in [0.2, 0.25) is 0 Å². The van der Waals surface area contributed by atoms with Crippen molar-refractivity contribution in [3.05, 3.63) is 65.2 Å². The second-order valence-corrected chi connectivity index (χ2v) is 7.63. The first-order valence-corrected chi connectivity index (χ1v) is 8.75. The van der Waals surface area contributed by atoms with Crippen LogP contribution in [0.2, 0.25) is 0 Å². The normalized spacial score (nSPS) is 15.2. The maximum atomic E-state index is 12.3. The van der Waals surface area contributed by atoms with Gasteiger partial charge in [-0.1, -0.05) is 45.0 Å². The minimum atomic E-state index is -0.848. The Morgan fingerprint density at radius 1 is 0.962 bits per heavy atom. The van der Waals surface area contributed by atoms with E-state index in [1.165, 1.54) is 5.56 Å². The molecule has 0 spiro atoms. The van der Waals surface area contributed by atoms with Crippen molar-refractivity contribution in [2.45, 2.75) is 32.3 Å². The number of rotatable bonds is 5. The first-order chi connectivity index (χ1) is 12.3. The van der Waals surface area contributed by atoms with Crippen molar-refractivity contribution >= 4 is 17.5 Å². The lowest BCUT2D eigenvalue weighted by molar-refractivity contribution is 0.0558. The molecule has 2 aromatic carbocycles. The molecule has 0 aliphatic carbocycles. The molecule has 1 aliphatic rings. The minimum absolute atomic E-state index is 0.0284. The zero-order chi connectivity index (χ0) is 18.9. The van der Waals surface area contributed by atoms with Gasteiger partial charge in [-0.05, 0) is 35.2 Å². The lowest BCUT2D eigenvalue weighted by Gasteiger charge is -2.21. The average Bonchev–Trinajstić information content (AvgIpc) is 2.85. The van der Waals surface area contributed by atoms with Crippen LogP contribution in [0.25, 0.3) is 0 Å². The number of nitrogens with zero attached hydrogens (tertiary/aromatic N) is 1. The van der Waals surface area contributed by atoms with Crippen LogP contribution in [0.5, 0.6) is 0 Å². The molecule has 1 atom stereocenters. The lowest BCUT2D eigenvalue weighted by atomic mass is 9.87. The number of anilines is 1. The molecule has 2 N–H and O–H groups in total. The van der Waals surface area contributed by atoms with Gasteiger partial charge < -0.3 is 10.4 Å².